The number of hydrogen-bond acceptors (Lipinski definition) is 3. The highest BCUT2D eigenvalue weighted by atomic mass is 16.2. The van der Waals surface area contributed by atoms with Crippen LogP contribution in [0.25, 0.3) is 11.3 Å². The number of piperazine rings is 1. The van der Waals surface area contributed by atoms with Crippen molar-refractivity contribution in [2.45, 2.75) is 52.2 Å². The fraction of sp³-hybridized carbons (Fsp3) is 0.500. The van der Waals surface area contributed by atoms with Crippen molar-refractivity contribution in [3.05, 3.63) is 41.1 Å². The number of H-pyrrole nitrogens is 1. The molecule has 0 unspecified atom stereocenters. The van der Waals surface area contributed by atoms with E-state index < -0.39 is 0 Å². The van der Waals surface area contributed by atoms with Crippen molar-refractivity contribution >= 4 is 5.91 Å². The van der Waals surface area contributed by atoms with Crippen molar-refractivity contribution < 1.29 is 4.79 Å². The third kappa shape index (κ3) is 2.86. The van der Waals surface area contributed by atoms with Crippen LogP contribution < -0.4 is 0 Å². The van der Waals surface area contributed by atoms with Crippen LogP contribution in [0.2, 0.25) is 0 Å². The Morgan fingerprint density at radius 2 is 2.16 bits per heavy atom. The van der Waals surface area contributed by atoms with E-state index in [0.717, 1.165) is 38.2 Å². The molecule has 3 heterocycles. The minimum atomic E-state index is -0.0595. The van der Waals surface area contributed by atoms with Crippen LogP contribution in [0.3, 0.4) is 0 Å². The summed E-state index contributed by atoms with van der Waals surface area (Å²) in [6.07, 6.45) is 4.18. The van der Waals surface area contributed by atoms with Crippen LogP contribution in [0.5, 0.6) is 0 Å². The molecule has 0 aliphatic carbocycles. The molecule has 1 aromatic carbocycles. The van der Waals surface area contributed by atoms with Crippen LogP contribution in [0.1, 0.15) is 36.5 Å². The van der Waals surface area contributed by atoms with Crippen molar-refractivity contribution in [3.8, 4) is 11.3 Å². The molecule has 2 aromatic rings. The van der Waals surface area contributed by atoms with Crippen molar-refractivity contribution in [2.24, 2.45) is 0 Å². The van der Waals surface area contributed by atoms with E-state index in [1.165, 1.54) is 22.3 Å². The Kier molecular flexibility index (Phi) is 4.12. The molecule has 132 valence electrons. The van der Waals surface area contributed by atoms with Crippen LogP contribution >= 0.6 is 0 Å². The number of nitrogens with one attached hydrogen (secondary N) is 1. The molecule has 1 N–H and O–H groups in total. The summed E-state index contributed by atoms with van der Waals surface area (Å²) in [6, 6.07) is 6.82. The summed E-state index contributed by atoms with van der Waals surface area (Å²) in [5, 5.41) is 7.48. The van der Waals surface area contributed by atoms with Crippen LogP contribution in [-0.2, 0) is 11.3 Å². The molecule has 2 saturated heterocycles. The molecule has 2 fully saturated rings. The third-order valence-corrected chi connectivity index (χ3v) is 5.76. The number of benzene rings is 1. The zero-order chi connectivity index (χ0) is 17.6. The normalized spacial score (nSPS) is 24.0. The smallest absolute Gasteiger partial charge is 0.239 e. The van der Waals surface area contributed by atoms with E-state index in [1.54, 1.807) is 0 Å². The first-order valence-corrected chi connectivity index (χ1v) is 9.19. The van der Waals surface area contributed by atoms with Gasteiger partial charge in [-0.3, -0.25) is 14.8 Å². The van der Waals surface area contributed by atoms with Gasteiger partial charge >= 0.3 is 0 Å². The van der Waals surface area contributed by atoms with Gasteiger partial charge in [0.15, 0.2) is 0 Å². The van der Waals surface area contributed by atoms with Crippen molar-refractivity contribution in [3.63, 3.8) is 0 Å². The van der Waals surface area contributed by atoms with Gasteiger partial charge in [-0.05, 0) is 45.2 Å². The van der Waals surface area contributed by atoms with Crippen molar-refractivity contribution in [1.29, 1.82) is 0 Å². The molecule has 25 heavy (non-hydrogen) atoms. The number of aromatic amines is 1. The Morgan fingerprint density at radius 3 is 3.00 bits per heavy atom. The average Bonchev–Trinajstić information content (AvgIpc) is 3.24. The van der Waals surface area contributed by atoms with Gasteiger partial charge in [0, 0.05) is 36.8 Å². The van der Waals surface area contributed by atoms with E-state index in [2.05, 4.69) is 52.0 Å². The minimum Gasteiger partial charge on any atom is -0.337 e. The first-order chi connectivity index (χ1) is 12.0. The first kappa shape index (κ1) is 16.3. The number of carbonyl (C=O) groups excluding carboxylic acids is 1. The molecule has 4 rings (SSSR count). The number of aromatic nitrogens is 2. The molecule has 5 heteroatoms. The maximum atomic E-state index is 12.7. The number of amides is 1. The zero-order valence-electron chi connectivity index (χ0n) is 15.2. The molecular weight excluding hydrogens is 312 g/mol. The summed E-state index contributed by atoms with van der Waals surface area (Å²) < 4.78 is 0. The predicted octanol–water partition coefficient (Wildman–Crippen LogP) is 2.89. The second kappa shape index (κ2) is 6.30. The van der Waals surface area contributed by atoms with Gasteiger partial charge in [0.05, 0.1) is 17.9 Å². The Hall–Kier alpha value is -2.14. The summed E-state index contributed by atoms with van der Waals surface area (Å²) >= 11 is 0. The standard InChI is InChI=1S/C20H26N4O/c1-13-6-7-14(2)18(9-13)19-16(10-21-22-19)11-23-12-17-5-4-8-24(17)20(25)15(23)3/h6-7,9-10,15,17H,4-5,8,11-12H2,1-3H3,(H,21,22)/t15-,17-/m0/s1. The molecule has 2 aliphatic heterocycles. The quantitative estimate of drug-likeness (QED) is 0.936. The van der Waals surface area contributed by atoms with Gasteiger partial charge < -0.3 is 4.90 Å². The van der Waals surface area contributed by atoms with Gasteiger partial charge in [-0.25, -0.2) is 0 Å². The number of hydrogen-bond donors (Lipinski definition) is 1. The maximum absolute atomic E-state index is 12.7. The van der Waals surface area contributed by atoms with E-state index in [0.29, 0.717) is 6.04 Å². The van der Waals surface area contributed by atoms with Gasteiger partial charge in [-0.15, -0.1) is 0 Å². The summed E-state index contributed by atoms with van der Waals surface area (Å²) in [6.45, 7) is 8.93. The van der Waals surface area contributed by atoms with Crippen LogP contribution in [0.15, 0.2) is 24.4 Å². The number of nitrogens with zero attached hydrogens (tertiary/aromatic N) is 3. The monoisotopic (exact) mass is 338 g/mol. The van der Waals surface area contributed by atoms with Gasteiger partial charge in [-0.2, -0.15) is 5.10 Å². The molecule has 0 spiro atoms. The van der Waals surface area contributed by atoms with Crippen molar-refractivity contribution in [1.82, 2.24) is 20.0 Å². The lowest BCUT2D eigenvalue weighted by Gasteiger charge is -2.41. The summed E-state index contributed by atoms with van der Waals surface area (Å²) in [5.74, 6) is 0.283. The second-order valence-corrected chi connectivity index (χ2v) is 7.52. The van der Waals surface area contributed by atoms with E-state index in [4.69, 9.17) is 0 Å². The molecule has 0 bridgehead atoms. The Morgan fingerprint density at radius 1 is 1.32 bits per heavy atom. The first-order valence-electron chi connectivity index (χ1n) is 9.19. The Labute approximate surface area is 149 Å². The molecule has 2 aliphatic rings. The van der Waals surface area contributed by atoms with Gasteiger partial charge in [0.1, 0.15) is 0 Å². The largest absolute Gasteiger partial charge is 0.337 e. The molecule has 0 radical (unpaired) electrons. The molecule has 1 amide bonds. The molecule has 5 nitrogen and oxygen atoms in total. The number of rotatable bonds is 3. The summed E-state index contributed by atoms with van der Waals surface area (Å²) in [4.78, 5) is 17.1. The van der Waals surface area contributed by atoms with Gasteiger partial charge in [0.2, 0.25) is 5.91 Å². The fourth-order valence-electron chi connectivity index (χ4n) is 4.23. The maximum Gasteiger partial charge on any atom is 0.239 e. The highest BCUT2D eigenvalue weighted by Gasteiger charge is 2.40. The Balaban J connectivity index is 1.61. The van der Waals surface area contributed by atoms with Gasteiger partial charge in [0.25, 0.3) is 0 Å². The highest BCUT2D eigenvalue weighted by Crippen LogP contribution is 2.30. The Bertz CT molecular complexity index is 797. The van der Waals surface area contributed by atoms with Gasteiger partial charge in [-0.1, -0.05) is 17.7 Å². The fourth-order valence-corrected chi connectivity index (χ4v) is 4.23. The highest BCUT2D eigenvalue weighted by molar-refractivity contribution is 5.83. The van der Waals surface area contributed by atoms with E-state index in [1.807, 2.05) is 13.1 Å². The number of carbonyl (C=O) groups is 1. The molecular formula is C20H26N4O. The lowest BCUT2D eigenvalue weighted by molar-refractivity contribution is -0.143. The summed E-state index contributed by atoms with van der Waals surface area (Å²) in [7, 11) is 0. The minimum absolute atomic E-state index is 0.0595. The van der Waals surface area contributed by atoms with E-state index in [-0.39, 0.29) is 11.9 Å². The lowest BCUT2D eigenvalue weighted by atomic mass is 9.99. The lowest BCUT2D eigenvalue weighted by Crippen LogP contribution is -2.58. The molecule has 1 aromatic heterocycles. The molecule has 0 saturated carbocycles. The van der Waals surface area contributed by atoms with E-state index >= 15 is 0 Å². The summed E-state index contributed by atoms with van der Waals surface area (Å²) in [5.41, 5.74) is 5.92. The number of aryl methyl sites for hydroxylation is 2. The SMILES string of the molecule is Cc1ccc(C)c(-c2[nH]ncc2CN2C[C@@H]3CCCN3C(=O)[C@@H]2C)c1. The predicted molar refractivity (Wildman–Crippen MR) is 98.1 cm³/mol. The van der Waals surface area contributed by atoms with Crippen LogP contribution in [0.4, 0.5) is 0 Å². The second-order valence-electron chi connectivity index (χ2n) is 7.52. The topological polar surface area (TPSA) is 52.2 Å². The third-order valence-electron chi connectivity index (χ3n) is 5.76. The number of fused-ring (bicyclic) bond motifs is 1. The van der Waals surface area contributed by atoms with Crippen molar-refractivity contribution in [2.75, 3.05) is 13.1 Å². The molecule has 2 atom stereocenters. The van der Waals surface area contributed by atoms with E-state index in [9.17, 15) is 4.79 Å². The average molecular weight is 338 g/mol. The van der Waals surface area contributed by atoms with Crippen LogP contribution in [0, 0.1) is 13.8 Å². The van der Waals surface area contributed by atoms with Crippen LogP contribution in [-0.4, -0.2) is 51.1 Å². The zero-order valence-corrected chi connectivity index (χ0v) is 15.2.